The zero-order valence-corrected chi connectivity index (χ0v) is 12.4. The minimum atomic E-state index is -0.458. The van der Waals surface area contributed by atoms with Gasteiger partial charge in [0.05, 0.1) is 4.92 Å². The molecule has 0 aromatic heterocycles. The molecule has 2 aromatic carbocycles. The van der Waals surface area contributed by atoms with Gasteiger partial charge in [-0.05, 0) is 49.2 Å². The van der Waals surface area contributed by atoms with Crippen LogP contribution in [0.4, 0.5) is 11.4 Å². The molecule has 2 rings (SSSR count). The van der Waals surface area contributed by atoms with Crippen molar-refractivity contribution in [3.8, 4) is 0 Å². The van der Waals surface area contributed by atoms with Crippen LogP contribution in [-0.2, 0) is 4.79 Å². The highest BCUT2D eigenvalue weighted by Gasteiger charge is 2.04. The minimum Gasteiger partial charge on any atom is -0.322 e. The molecule has 1 amide bonds. The summed E-state index contributed by atoms with van der Waals surface area (Å²) in [5.74, 6) is -0.245. The Morgan fingerprint density at radius 1 is 1.14 bits per heavy atom. The fraction of sp³-hybridized carbons (Fsp3) is 0.118. The molecule has 0 saturated heterocycles. The first-order valence-corrected chi connectivity index (χ1v) is 6.76. The highest BCUT2D eigenvalue weighted by Crippen LogP contribution is 2.16. The SMILES string of the molecule is Cc1ccc(NC(=O)/C=C/c2ccc([N+](=O)[O-])cc2)c(C)c1. The molecule has 22 heavy (non-hydrogen) atoms. The van der Waals surface area contributed by atoms with Gasteiger partial charge in [-0.1, -0.05) is 17.7 Å². The lowest BCUT2D eigenvalue weighted by molar-refractivity contribution is -0.384. The Balaban J connectivity index is 2.03. The van der Waals surface area contributed by atoms with Gasteiger partial charge in [0.1, 0.15) is 0 Å². The van der Waals surface area contributed by atoms with Gasteiger partial charge in [0.2, 0.25) is 5.91 Å². The molecule has 2 aromatic rings. The topological polar surface area (TPSA) is 72.2 Å². The summed E-state index contributed by atoms with van der Waals surface area (Å²) >= 11 is 0. The van der Waals surface area contributed by atoms with Gasteiger partial charge in [0, 0.05) is 23.9 Å². The maximum Gasteiger partial charge on any atom is 0.269 e. The number of carbonyl (C=O) groups excluding carboxylic acids is 1. The van der Waals surface area contributed by atoms with E-state index in [4.69, 9.17) is 0 Å². The van der Waals surface area contributed by atoms with Gasteiger partial charge in [0.25, 0.3) is 5.69 Å². The molecule has 0 atom stereocenters. The molecule has 0 aliphatic rings. The Bertz CT molecular complexity index is 734. The first-order valence-electron chi connectivity index (χ1n) is 6.76. The summed E-state index contributed by atoms with van der Waals surface area (Å²) in [6, 6.07) is 11.8. The number of carbonyl (C=O) groups is 1. The molecule has 0 heterocycles. The van der Waals surface area contributed by atoms with Crippen molar-refractivity contribution >= 4 is 23.4 Å². The van der Waals surface area contributed by atoms with Gasteiger partial charge in [0.15, 0.2) is 0 Å². The third-order valence-corrected chi connectivity index (χ3v) is 3.17. The van der Waals surface area contributed by atoms with Gasteiger partial charge in [-0.2, -0.15) is 0 Å². The standard InChI is InChI=1S/C17H16N2O3/c1-12-3-9-16(13(2)11-12)18-17(20)10-6-14-4-7-15(8-5-14)19(21)22/h3-11H,1-2H3,(H,18,20)/b10-6+. The Morgan fingerprint density at radius 2 is 1.82 bits per heavy atom. The lowest BCUT2D eigenvalue weighted by Gasteiger charge is -2.07. The Labute approximate surface area is 128 Å². The molecule has 0 aliphatic carbocycles. The number of nitro groups is 1. The maximum absolute atomic E-state index is 11.9. The van der Waals surface area contributed by atoms with Gasteiger partial charge < -0.3 is 5.32 Å². The first-order chi connectivity index (χ1) is 10.5. The molecule has 0 unspecified atom stereocenters. The third kappa shape index (κ3) is 4.02. The number of nitrogens with zero attached hydrogens (tertiary/aromatic N) is 1. The number of non-ortho nitro benzene ring substituents is 1. The van der Waals surface area contributed by atoms with Crippen molar-refractivity contribution in [1.82, 2.24) is 0 Å². The Morgan fingerprint density at radius 3 is 2.41 bits per heavy atom. The monoisotopic (exact) mass is 296 g/mol. The molecule has 5 heteroatoms. The van der Waals surface area contributed by atoms with E-state index >= 15 is 0 Å². The van der Waals surface area contributed by atoms with E-state index in [0.29, 0.717) is 0 Å². The molecule has 1 N–H and O–H groups in total. The first kappa shape index (κ1) is 15.4. The van der Waals surface area contributed by atoms with Crippen LogP contribution in [0.15, 0.2) is 48.5 Å². The number of nitrogens with one attached hydrogen (secondary N) is 1. The molecule has 0 bridgehead atoms. The quantitative estimate of drug-likeness (QED) is 0.529. The summed E-state index contributed by atoms with van der Waals surface area (Å²) in [5, 5.41) is 13.4. The van der Waals surface area contributed by atoms with Crippen LogP contribution in [0.3, 0.4) is 0 Å². The zero-order chi connectivity index (χ0) is 16.1. The molecule has 112 valence electrons. The number of benzene rings is 2. The Hall–Kier alpha value is -2.95. The van der Waals surface area contributed by atoms with Crippen LogP contribution in [0.1, 0.15) is 16.7 Å². The van der Waals surface area contributed by atoms with Gasteiger partial charge in [-0.15, -0.1) is 0 Å². The summed E-state index contributed by atoms with van der Waals surface area (Å²) in [5.41, 5.74) is 3.65. The van der Waals surface area contributed by atoms with Gasteiger partial charge >= 0.3 is 0 Å². The van der Waals surface area contributed by atoms with Crippen molar-refractivity contribution in [1.29, 1.82) is 0 Å². The van der Waals surface area contributed by atoms with Crippen LogP contribution in [0.2, 0.25) is 0 Å². The second kappa shape index (κ2) is 6.67. The Kier molecular flexibility index (Phi) is 4.68. The molecule has 0 fully saturated rings. The summed E-state index contributed by atoms with van der Waals surface area (Å²) in [6.45, 7) is 3.93. The largest absolute Gasteiger partial charge is 0.322 e. The van der Waals surface area contributed by atoms with Gasteiger partial charge in [-0.25, -0.2) is 0 Å². The highest BCUT2D eigenvalue weighted by atomic mass is 16.6. The summed E-state index contributed by atoms with van der Waals surface area (Å²) in [7, 11) is 0. The predicted octanol–water partition coefficient (Wildman–Crippen LogP) is 3.86. The fourth-order valence-electron chi connectivity index (χ4n) is 2.01. The van der Waals surface area contributed by atoms with Crippen LogP contribution in [0, 0.1) is 24.0 Å². The molecule has 0 saturated carbocycles. The van der Waals surface area contributed by atoms with E-state index in [1.165, 1.54) is 18.2 Å². The number of nitro benzene ring substituents is 1. The van der Waals surface area contributed by atoms with Crippen LogP contribution in [0.25, 0.3) is 6.08 Å². The zero-order valence-electron chi connectivity index (χ0n) is 12.4. The summed E-state index contributed by atoms with van der Waals surface area (Å²) < 4.78 is 0. The van der Waals surface area contributed by atoms with Crippen LogP contribution in [0.5, 0.6) is 0 Å². The van der Waals surface area contributed by atoms with E-state index in [9.17, 15) is 14.9 Å². The number of rotatable bonds is 4. The van der Waals surface area contributed by atoms with Crippen LogP contribution in [-0.4, -0.2) is 10.8 Å². The van der Waals surface area contributed by atoms with Crippen molar-refractivity contribution in [2.45, 2.75) is 13.8 Å². The van der Waals surface area contributed by atoms with E-state index in [0.717, 1.165) is 22.4 Å². The molecule has 0 aliphatic heterocycles. The van der Waals surface area contributed by atoms with Crippen molar-refractivity contribution in [2.24, 2.45) is 0 Å². The van der Waals surface area contributed by atoms with Crippen molar-refractivity contribution in [2.75, 3.05) is 5.32 Å². The summed E-state index contributed by atoms with van der Waals surface area (Å²) in [4.78, 5) is 22.0. The second-order valence-corrected chi connectivity index (χ2v) is 4.99. The average molecular weight is 296 g/mol. The normalized spacial score (nSPS) is 10.6. The van der Waals surface area contributed by atoms with Crippen LogP contribution >= 0.6 is 0 Å². The third-order valence-electron chi connectivity index (χ3n) is 3.17. The lowest BCUT2D eigenvalue weighted by Crippen LogP contribution is -2.08. The van der Waals surface area contributed by atoms with E-state index in [1.807, 2.05) is 32.0 Å². The molecule has 0 radical (unpaired) electrons. The van der Waals surface area contributed by atoms with Crippen molar-refractivity contribution in [3.05, 3.63) is 75.3 Å². The number of hydrogen-bond donors (Lipinski definition) is 1. The summed E-state index contributed by atoms with van der Waals surface area (Å²) in [6.07, 6.45) is 3.02. The predicted molar refractivity (Wildman–Crippen MR) is 86.7 cm³/mol. The number of amides is 1. The highest BCUT2D eigenvalue weighted by molar-refractivity contribution is 6.02. The van der Waals surface area contributed by atoms with Crippen LogP contribution < -0.4 is 5.32 Å². The maximum atomic E-state index is 11.9. The van der Waals surface area contributed by atoms with E-state index in [-0.39, 0.29) is 11.6 Å². The van der Waals surface area contributed by atoms with E-state index in [2.05, 4.69) is 5.32 Å². The second-order valence-electron chi connectivity index (χ2n) is 4.99. The smallest absolute Gasteiger partial charge is 0.269 e. The van der Waals surface area contributed by atoms with Crippen molar-refractivity contribution < 1.29 is 9.72 Å². The molecular formula is C17H16N2O3. The number of hydrogen-bond acceptors (Lipinski definition) is 3. The number of anilines is 1. The number of aryl methyl sites for hydroxylation is 2. The molecular weight excluding hydrogens is 280 g/mol. The minimum absolute atomic E-state index is 0.0249. The average Bonchev–Trinajstić information content (AvgIpc) is 2.48. The van der Waals surface area contributed by atoms with E-state index < -0.39 is 4.92 Å². The van der Waals surface area contributed by atoms with E-state index in [1.54, 1.807) is 18.2 Å². The van der Waals surface area contributed by atoms with Gasteiger partial charge in [-0.3, -0.25) is 14.9 Å². The fourth-order valence-corrected chi connectivity index (χ4v) is 2.01. The van der Waals surface area contributed by atoms with Crippen molar-refractivity contribution in [3.63, 3.8) is 0 Å². The molecule has 5 nitrogen and oxygen atoms in total. The lowest BCUT2D eigenvalue weighted by atomic mass is 10.1. The molecule has 0 spiro atoms.